The first kappa shape index (κ1) is 23.9. The number of amides is 2. The van der Waals surface area contributed by atoms with Crippen molar-refractivity contribution in [3.63, 3.8) is 0 Å². The van der Waals surface area contributed by atoms with Crippen molar-refractivity contribution in [1.82, 2.24) is 21.3 Å². The van der Waals surface area contributed by atoms with Gasteiger partial charge < -0.3 is 21.3 Å². The zero-order valence-electron chi connectivity index (χ0n) is 18.6. The summed E-state index contributed by atoms with van der Waals surface area (Å²) in [4.78, 5) is 25.0. The Balaban J connectivity index is 2.07. The summed E-state index contributed by atoms with van der Waals surface area (Å²) < 4.78 is 0. The van der Waals surface area contributed by atoms with Gasteiger partial charge in [0.15, 0.2) is 0 Å². The van der Waals surface area contributed by atoms with Crippen molar-refractivity contribution in [2.24, 2.45) is 0 Å². The van der Waals surface area contributed by atoms with Crippen LogP contribution in [0.25, 0.3) is 0 Å². The normalized spacial score (nSPS) is 21.5. The lowest BCUT2D eigenvalue weighted by Gasteiger charge is -2.19. The summed E-state index contributed by atoms with van der Waals surface area (Å²) in [5.74, 6) is -0.244. The van der Waals surface area contributed by atoms with Gasteiger partial charge in [-0.2, -0.15) is 0 Å². The van der Waals surface area contributed by atoms with Gasteiger partial charge in [-0.1, -0.05) is 50.6 Å². The largest absolute Gasteiger partial charge is 0.379 e. The maximum Gasteiger partial charge on any atom is 0.242 e. The Bertz CT molecular complexity index is 702. The van der Waals surface area contributed by atoms with Crippen molar-refractivity contribution in [1.29, 1.82) is 0 Å². The number of carbonyl (C=O) groups excluding carboxylic acids is 2. The molecule has 0 fully saturated rings. The zero-order chi connectivity index (χ0) is 21.6. The van der Waals surface area contributed by atoms with E-state index in [1.165, 1.54) is 11.1 Å². The average Bonchev–Trinajstić information content (AvgIpc) is 2.74. The molecule has 0 aliphatic carbocycles. The minimum absolute atomic E-state index is 0.0920. The van der Waals surface area contributed by atoms with Crippen LogP contribution in [0.5, 0.6) is 0 Å². The number of nitrogens with one attached hydrogen (secondary N) is 4. The van der Waals surface area contributed by atoms with E-state index in [0.717, 1.165) is 50.8 Å². The van der Waals surface area contributed by atoms with Gasteiger partial charge in [0.25, 0.3) is 0 Å². The molecule has 6 nitrogen and oxygen atoms in total. The van der Waals surface area contributed by atoms with Crippen molar-refractivity contribution < 1.29 is 9.59 Å². The summed E-state index contributed by atoms with van der Waals surface area (Å²) in [6, 6.07) is 8.11. The number of aryl methyl sites for hydroxylation is 2. The maximum atomic E-state index is 12.6. The monoisotopic (exact) mass is 414 g/mol. The first-order chi connectivity index (χ1) is 14.6. The Hall–Kier alpha value is -2.34. The number of fused-ring (bicyclic) bond motifs is 1. The molecular formula is C24H38N4O2. The Kier molecular flexibility index (Phi) is 11.0. The number of hydrogen-bond donors (Lipinski definition) is 4. The molecule has 1 aromatic carbocycles. The van der Waals surface area contributed by atoms with Gasteiger partial charge in [-0.05, 0) is 56.2 Å². The van der Waals surface area contributed by atoms with Crippen LogP contribution in [0.2, 0.25) is 0 Å². The minimum atomic E-state index is -0.479. The molecule has 0 spiro atoms. The fourth-order valence-electron chi connectivity index (χ4n) is 3.74. The molecule has 0 saturated carbocycles. The van der Waals surface area contributed by atoms with E-state index < -0.39 is 6.04 Å². The van der Waals surface area contributed by atoms with E-state index >= 15 is 0 Å². The lowest BCUT2D eigenvalue weighted by atomic mass is 9.99. The summed E-state index contributed by atoms with van der Waals surface area (Å²) >= 11 is 0. The summed E-state index contributed by atoms with van der Waals surface area (Å²) in [5.41, 5.74) is 3.77. The number of hydrogen-bond acceptors (Lipinski definition) is 4. The minimum Gasteiger partial charge on any atom is -0.379 e. The fourth-order valence-corrected chi connectivity index (χ4v) is 3.74. The second kappa shape index (κ2) is 13.8. The first-order valence-corrected chi connectivity index (χ1v) is 11.4. The lowest BCUT2D eigenvalue weighted by Crippen LogP contribution is -2.49. The fraction of sp³-hybridized carbons (Fsp3) is 0.583. The van der Waals surface area contributed by atoms with Crippen LogP contribution in [-0.4, -0.2) is 44.0 Å². The second-order valence-electron chi connectivity index (χ2n) is 7.84. The average molecular weight is 415 g/mol. The molecule has 1 atom stereocenters. The lowest BCUT2D eigenvalue weighted by molar-refractivity contribution is -0.128. The molecule has 1 heterocycles. The molecule has 0 radical (unpaired) electrons. The van der Waals surface area contributed by atoms with Gasteiger partial charge in [0.2, 0.25) is 11.8 Å². The molecule has 30 heavy (non-hydrogen) atoms. The third kappa shape index (κ3) is 8.57. The van der Waals surface area contributed by atoms with Crippen LogP contribution in [0, 0.1) is 0 Å². The molecule has 4 N–H and O–H groups in total. The van der Waals surface area contributed by atoms with Gasteiger partial charge >= 0.3 is 0 Å². The molecule has 0 bridgehead atoms. The highest BCUT2D eigenvalue weighted by Crippen LogP contribution is 2.13. The quantitative estimate of drug-likeness (QED) is 0.612. The van der Waals surface area contributed by atoms with Crippen molar-refractivity contribution in [3.8, 4) is 0 Å². The van der Waals surface area contributed by atoms with Gasteiger partial charge in [0, 0.05) is 18.8 Å². The zero-order valence-corrected chi connectivity index (χ0v) is 18.6. The van der Waals surface area contributed by atoms with E-state index in [9.17, 15) is 9.59 Å². The molecular weight excluding hydrogens is 376 g/mol. The third-order valence-electron chi connectivity index (χ3n) is 5.31. The molecule has 0 saturated heterocycles. The molecule has 166 valence electrons. The molecule has 1 unspecified atom stereocenters. The highest BCUT2D eigenvalue weighted by atomic mass is 16.2. The van der Waals surface area contributed by atoms with Crippen molar-refractivity contribution in [2.75, 3.05) is 26.2 Å². The molecule has 2 amide bonds. The van der Waals surface area contributed by atoms with Crippen LogP contribution in [0.3, 0.4) is 0 Å². The SMILES string of the molecule is CCC=C1CNCCCc2ccccc2CCCNC(=O)C(CCC)NC(=O)CN1. The Morgan fingerprint density at radius 1 is 0.967 bits per heavy atom. The highest BCUT2D eigenvalue weighted by molar-refractivity contribution is 5.88. The number of rotatable bonds is 3. The predicted octanol–water partition coefficient (Wildman–Crippen LogP) is 2.44. The molecule has 1 aliphatic rings. The summed E-state index contributed by atoms with van der Waals surface area (Å²) in [7, 11) is 0. The van der Waals surface area contributed by atoms with Gasteiger partial charge in [0.1, 0.15) is 6.04 Å². The van der Waals surface area contributed by atoms with Crippen LogP contribution in [0.4, 0.5) is 0 Å². The number of allylic oxidation sites excluding steroid dienone is 1. The second-order valence-corrected chi connectivity index (χ2v) is 7.84. The van der Waals surface area contributed by atoms with Gasteiger partial charge in [-0.3, -0.25) is 9.59 Å². The molecule has 2 rings (SSSR count). The van der Waals surface area contributed by atoms with Crippen molar-refractivity contribution in [3.05, 3.63) is 47.2 Å². The molecule has 1 aliphatic heterocycles. The van der Waals surface area contributed by atoms with E-state index in [1.54, 1.807) is 0 Å². The van der Waals surface area contributed by atoms with Crippen LogP contribution < -0.4 is 21.3 Å². The molecule has 1 aromatic rings. The molecule has 6 heteroatoms. The van der Waals surface area contributed by atoms with E-state index in [4.69, 9.17) is 0 Å². The third-order valence-corrected chi connectivity index (χ3v) is 5.31. The van der Waals surface area contributed by atoms with E-state index in [0.29, 0.717) is 19.5 Å². The van der Waals surface area contributed by atoms with Crippen LogP contribution in [0.15, 0.2) is 36.0 Å². The topological polar surface area (TPSA) is 82.3 Å². The summed E-state index contributed by atoms with van der Waals surface area (Å²) in [6.45, 7) is 6.53. The first-order valence-electron chi connectivity index (χ1n) is 11.4. The van der Waals surface area contributed by atoms with Crippen LogP contribution >= 0.6 is 0 Å². The van der Waals surface area contributed by atoms with Crippen molar-refractivity contribution in [2.45, 2.75) is 64.8 Å². The Morgan fingerprint density at radius 3 is 2.33 bits per heavy atom. The van der Waals surface area contributed by atoms with Gasteiger partial charge in [0.05, 0.1) is 6.54 Å². The van der Waals surface area contributed by atoms with Gasteiger partial charge in [-0.25, -0.2) is 0 Å². The van der Waals surface area contributed by atoms with E-state index in [-0.39, 0.29) is 18.4 Å². The van der Waals surface area contributed by atoms with Crippen LogP contribution in [-0.2, 0) is 22.4 Å². The Morgan fingerprint density at radius 2 is 1.67 bits per heavy atom. The van der Waals surface area contributed by atoms with E-state index in [1.807, 2.05) is 6.92 Å². The Labute approximate surface area is 181 Å². The summed E-state index contributed by atoms with van der Waals surface area (Å²) in [6.07, 6.45) is 8.42. The summed E-state index contributed by atoms with van der Waals surface area (Å²) in [5, 5.41) is 12.6. The maximum absolute atomic E-state index is 12.6. The highest BCUT2D eigenvalue weighted by Gasteiger charge is 2.19. The number of carbonyl (C=O) groups is 2. The molecule has 0 aromatic heterocycles. The predicted molar refractivity (Wildman–Crippen MR) is 122 cm³/mol. The number of benzene rings is 1. The standard InChI is InChI=1S/C24H38N4O2/c1-3-9-21-17-25-15-7-13-19-11-5-6-12-20(19)14-8-16-26-24(30)22(10-4-2)28-23(29)18-27-21/h5-6,9,11-12,22,25,27H,3-4,7-8,10,13-18H2,1-2H3,(H,26,30)(H,28,29). The smallest absolute Gasteiger partial charge is 0.242 e. The van der Waals surface area contributed by atoms with Gasteiger partial charge in [-0.15, -0.1) is 0 Å². The van der Waals surface area contributed by atoms with E-state index in [2.05, 4.69) is 58.5 Å². The van der Waals surface area contributed by atoms with Crippen LogP contribution in [0.1, 0.15) is 57.1 Å². The van der Waals surface area contributed by atoms with Crippen molar-refractivity contribution >= 4 is 11.8 Å².